The fourth-order valence-corrected chi connectivity index (χ4v) is 3.08. The Hall–Kier alpha value is -1.62. The van der Waals surface area contributed by atoms with Gasteiger partial charge in [0.25, 0.3) is 11.6 Å². The Kier molecular flexibility index (Phi) is 4.83. The third-order valence-electron chi connectivity index (χ3n) is 4.43. The summed E-state index contributed by atoms with van der Waals surface area (Å²) in [6, 6.07) is 4.21. The van der Waals surface area contributed by atoms with Crippen molar-refractivity contribution < 1.29 is 9.72 Å². The lowest BCUT2D eigenvalue weighted by atomic mass is 9.78. The van der Waals surface area contributed by atoms with Gasteiger partial charge in [-0.25, -0.2) is 0 Å². The standard InChI is InChI=1S/C15H19ClN2O3/c1-9-4-3-5-13(10(9)2)17-15(19)11-6-7-14(18(20)21)12(16)8-11/h6-10,13H,3-5H2,1-2H3,(H,17,19). The predicted molar refractivity (Wildman–Crippen MR) is 81.5 cm³/mol. The fourth-order valence-electron chi connectivity index (χ4n) is 2.83. The van der Waals surface area contributed by atoms with Crippen molar-refractivity contribution in [2.45, 2.75) is 39.2 Å². The number of carbonyl (C=O) groups excluding carboxylic acids is 1. The van der Waals surface area contributed by atoms with Crippen molar-refractivity contribution in [3.05, 3.63) is 38.9 Å². The molecule has 0 spiro atoms. The smallest absolute Gasteiger partial charge is 0.287 e. The normalized spacial score (nSPS) is 25.4. The molecule has 0 aromatic heterocycles. The van der Waals surface area contributed by atoms with Crippen LogP contribution in [0.1, 0.15) is 43.5 Å². The van der Waals surface area contributed by atoms with Gasteiger partial charge < -0.3 is 5.32 Å². The van der Waals surface area contributed by atoms with E-state index in [0.29, 0.717) is 17.4 Å². The maximum atomic E-state index is 12.3. The number of hydrogen-bond acceptors (Lipinski definition) is 3. The van der Waals surface area contributed by atoms with Gasteiger partial charge in [0, 0.05) is 17.7 Å². The number of nitrogens with one attached hydrogen (secondary N) is 1. The zero-order valence-corrected chi connectivity index (χ0v) is 12.9. The molecule has 21 heavy (non-hydrogen) atoms. The number of rotatable bonds is 3. The molecule has 114 valence electrons. The second-order valence-electron chi connectivity index (χ2n) is 5.77. The summed E-state index contributed by atoms with van der Waals surface area (Å²) in [5, 5.41) is 13.7. The van der Waals surface area contributed by atoms with E-state index < -0.39 is 4.92 Å². The third kappa shape index (κ3) is 3.53. The maximum Gasteiger partial charge on any atom is 0.287 e. The molecule has 0 aliphatic heterocycles. The summed E-state index contributed by atoms with van der Waals surface area (Å²) < 4.78 is 0. The summed E-state index contributed by atoms with van der Waals surface area (Å²) in [5.41, 5.74) is 0.170. The quantitative estimate of drug-likeness (QED) is 0.681. The first kappa shape index (κ1) is 15.8. The molecule has 1 aliphatic rings. The van der Waals surface area contributed by atoms with Gasteiger partial charge in [0.15, 0.2) is 0 Å². The number of nitro groups is 1. The number of nitro benzene ring substituents is 1. The highest BCUT2D eigenvalue weighted by molar-refractivity contribution is 6.33. The number of nitrogens with zero attached hydrogens (tertiary/aromatic N) is 1. The van der Waals surface area contributed by atoms with E-state index in [1.807, 2.05) is 0 Å². The van der Waals surface area contributed by atoms with E-state index in [0.717, 1.165) is 12.8 Å². The Balaban J connectivity index is 2.10. The molecule has 1 aromatic rings. The lowest BCUT2D eigenvalue weighted by Gasteiger charge is -2.34. The first-order chi connectivity index (χ1) is 9.90. The van der Waals surface area contributed by atoms with Crippen LogP contribution in [0, 0.1) is 22.0 Å². The molecule has 1 fully saturated rings. The number of carbonyl (C=O) groups is 1. The van der Waals surface area contributed by atoms with E-state index in [4.69, 9.17) is 11.6 Å². The van der Waals surface area contributed by atoms with Crippen molar-refractivity contribution in [1.82, 2.24) is 5.32 Å². The minimum absolute atomic E-state index is 0.0160. The second-order valence-corrected chi connectivity index (χ2v) is 6.18. The molecular formula is C15H19ClN2O3. The highest BCUT2D eigenvalue weighted by Gasteiger charge is 2.28. The van der Waals surface area contributed by atoms with E-state index >= 15 is 0 Å². The van der Waals surface area contributed by atoms with Gasteiger partial charge >= 0.3 is 0 Å². The molecule has 6 heteroatoms. The molecule has 1 aliphatic carbocycles. The van der Waals surface area contributed by atoms with E-state index in [1.165, 1.54) is 24.6 Å². The SMILES string of the molecule is CC1CCCC(NC(=O)c2ccc([N+](=O)[O-])c(Cl)c2)C1C. The molecule has 1 saturated carbocycles. The summed E-state index contributed by atoms with van der Waals surface area (Å²) >= 11 is 5.84. The van der Waals surface area contributed by atoms with Gasteiger partial charge in [-0.05, 0) is 30.4 Å². The van der Waals surface area contributed by atoms with E-state index in [-0.39, 0.29) is 22.7 Å². The largest absolute Gasteiger partial charge is 0.349 e. The van der Waals surface area contributed by atoms with Gasteiger partial charge in [-0.3, -0.25) is 14.9 Å². The van der Waals surface area contributed by atoms with Gasteiger partial charge in [0.2, 0.25) is 0 Å². The monoisotopic (exact) mass is 310 g/mol. The molecular weight excluding hydrogens is 292 g/mol. The predicted octanol–water partition coefficient (Wildman–Crippen LogP) is 3.80. The average molecular weight is 311 g/mol. The van der Waals surface area contributed by atoms with E-state index in [1.54, 1.807) is 0 Å². The molecule has 2 rings (SSSR count). The first-order valence-corrected chi connectivity index (χ1v) is 7.52. The van der Waals surface area contributed by atoms with Crippen LogP contribution >= 0.6 is 11.6 Å². The molecule has 3 unspecified atom stereocenters. The average Bonchev–Trinajstić information content (AvgIpc) is 2.43. The number of amides is 1. The highest BCUT2D eigenvalue weighted by atomic mass is 35.5. The van der Waals surface area contributed by atoms with Gasteiger partial charge in [-0.15, -0.1) is 0 Å². The topological polar surface area (TPSA) is 72.2 Å². The third-order valence-corrected chi connectivity index (χ3v) is 4.73. The summed E-state index contributed by atoms with van der Waals surface area (Å²) in [4.78, 5) is 22.4. The molecule has 0 heterocycles. The van der Waals surface area contributed by atoms with Crippen LogP contribution in [-0.4, -0.2) is 16.9 Å². The molecule has 0 bridgehead atoms. The lowest BCUT2D eigenvalue weighted by Crippen LogP contribution is -2.43. The van der Waals surface area contributed by atoms with Crippen LogP contribution < -0.4 is 5.32 Å². The Morgan fingerprint density at radius 1 is 1.38 bits per heavy atom. The zero-order valence-electron chi connectivity index (χ0n) is 12.1. The van der Waals surface area contributed by atoms with E-state index in [9.17, 15) is 14.9 Å². The molecule has 0 saturated heterocycles. The van der Waals surface area contributed by atoms with Gasteiger partial charge in [0.1, 0.15) is 5.02 Å². The van der Waals surface area contributed by atoms with Crippen molar-refractivity contribution >= 4 is 23.2 Å². The van der Waals surface area contributed by atoms with Crippen LogP contribution in [0.3, 0.4) is 0 Å². The maximum absolute atomic E-state index is 12.3. The molecule has 1 N–H and O–H groups in total. The molecule has 1 aromatic carbocycles. The van der Waals surface area contributed by atoms with Crippen LogP contribution in [0.5, 0.6) is 0 Å². The highest BCUT2D eigenvalue weighted by Crippen LogP contribution is 2.30. The number of halogens is 1. The van der Waals surface area contributed by atoms with Crippen LogP contribution in [0.4, 0.5) is 5.69 Å². The Morgan fingerprint density at radius 3 is 2.71 bits per heavy atom. The molecule has 1 amide bonds. The zero-order chi connectivity index (χ0) is 15.6. The van der Waals surface area contributed by atoms with E-state index in [2.05, 4.69) is 19.2 Å². The summed E-state index contributed by atoms with van der Waals surface area (Å²) in [7, 11) is 0. The van der Waals surface area contributed by atoms with Crippen molar-refractivity contribution in [2.75, 3.05) is 0 Å². The van der Waals surface area contributed by atoms with Crippen molar-refractivity contribution in [3.8, 4) is 0 Å². The van der Waals surface area contributed by atoms with Gasteiger partial charge in [-0.2, -0.15) is 0 Å². The van der Waals surface area contributed by atoms with Gasteiger partial charge in [0.05, 0.1) is 4.92 Å². The molecule has 0 radical (unpaired) electrons. The molecule has 3 atom stereocenters. The summed E-state index contributed by atoms with van der Waals surface area (Å²) in [6.07, 6.45) is 3.27. The summed E-state index contributed by atoms with van der Waals surface area (Å²) in [5.74, 6) is 0.790. The molecule has 5 nitrogen and oxygen atoms in total. The van der Waals surface area contributed by atoms with Crippen LogP contribution in [0.2, 0.25) is 5.02 Å². The van der Waals surface area contributed by atoms with Crippen LogP contribution in [0.25, 0.3) is 0 Å². The Bertz CT molecular complexity index is 562. The summed E-state index contributed by atoms with van der Waals surface area (Å²) in [6.45, 7) is 4.35. The lowest BCUT2D eigenvalue weighted by molar-refractivity contribution is -0.384. The second kappa shape index (κ2) is 6.43. The first-order valence-electron chi connectivity index (χ1n) is 7.15. The number of hydrogen-bond donors (Lipinski definition) is 1. The van der Waals surface area contributed by atoms with Gasteiger partial charge in [-0.1, -0.05) is 38.3 Å². The minimum Gasteiger partial charge on any atom is -0.349 e. The van der Waals surface area contributed by atoms with Crippen molar-refractivity contribution in [3.63, 3.8) is 0 Å². The number of benzene rings is 1. The Morgan fingerprint density at radius 2 is 2.10 bits per heavy atom. The van der Waals surface area contributed by atoms with Crippen molar-refractivity contribution in [2.24, 2.45) is 11.8 Å². The van der Waals surface area contributed by atoms with Crippen molar-refractivity contribution in [1.29, 1.82) is 0 Å². The van der Waals surface area contributed by atoms with Crippen LogP contribution in [-0.2, 0) is 0 Å². The fraction of sp³-hybridized carbons (Fsp3) is 0.533. The minimum atomic E-state index is -0.561. The Labute approximate surface area is 128 Å². The van der Waals surface area contributed by atoms with Crippen LogP contribution in [0.15, 0.2) is 18.2 Å².